The number of ketones is 1. The molecule has 210 valence electrons. The average Bonchev–Trinajstić information content (AvgIpc) is 3.33. The molecule has 0 aliphatic carbocycles. The van der Waals surface area contributed by atoms with Crippen LogP contribution in [0.4, 0.5) is 4.39 Å². The lowest BCUT2D eigenvalue weighted by Gasteiger charge is -2.29. The molecule has 11 nitrogen and oxygen atoms in total. The van der Waals surface area contributed by atoms with Crippen LogP contribution in [0, 0.1) is 11.8 Å². The highest BCUT2D eigenvalue weighted by molar-refractivity contribution is 5.96. The zero-order valence-electron chi connectivity index (χ0n) is 22.6. The van der Waals surface area contributed by atoms with E-state index in [4.69, 9.17) is 0 Å². The molecule has 37 heavy (non-hydrogen) atoms. The number of methoxy groups -OCH3 is 1. The van der Waals surface area contributed by atoms with Gasteiger partial charge in [-0.3, -0.25) is 28.8 Å². The first-order valence-electron chi connectivity index (χ1n) is 12.7. The lowest BCUT2D eigenvalue weighted by molar-refractivity contribution is -0.141. The molecule has 1 heterocycles. The number of likely N-dealkylation sites (tertiary alicyclic amines) is 1. The molecule has 0 aromatic rings. The van der Waals surface area contributed by atoms with E-state index in [1.54, 1.807) is 13.8 Å². The van der Waals surface area contributed by atoms with Crippen LogP contribution < -0.4 is 16.0 Å². The highest BCUT2D eigenvalue weighted by Gasteiger charge is 2.36. The quantitative estimate of drug-likeness (QED) is 0.280. The molecule has 0 saturated carbocycles. The van der Waals surface area contributed by atoms with Gasteiger partial charge in [0, 0.05) is 19.9 Å². The fourth-order valence-corrected chi connectivity index (χ4v) is 4.21. The van der Waals surface area contributed by atoms with E-state index in [0.717, 1.165) is 0 Å². The summed E-state index contributed by atoms with van der Waals surface area (Å²) in [6, 6.07) is -3.97. The monoisotopic (exact) mass is 528 g/mol. The summed E-state index contributed by atoms with van der Waals surface area (Å²) in [6.07, 6.45) is 1.11. The largest absolute Gasteiger partial charge is 0.469 e. The van der Waals surface area contributed by atoms with Gasteiger partial charge < -0.3 is 25.6 Å². The van der Waals surface area contributed by atoms with Gasteiger partial charge in [0.25, 0.3) is 0 Å². The van der Waals surface area contributed by atoms with Crippen molar-refractivity contribution in [3.05, 3.63) is 0 Å². The zero-order valence-corrected chi connectivity index (χ0v) is 22.6. The molecule has 0 aromatic heterocycles. The van der Waals surface area contributed by atoms with Gasteiger partial charge in [0.1, 0.15) is 24.8 Å². The molecule has 0 unspecified atom stereocenters. The summed E-state index contributed by atoms with van der Waals surface area (Å²) in [6.45, 7) is 7.66. The van der Waals surface area contributed by atoms with Crippen molar-refractivity contribution >= 4 is 35.4 Å². The Hall–Kier alpha value is -3.05. The zero-order chi connectivity index (χ0) is 28.3. The first-order valence-corrected chi connectivity index (χ1v) is 12.7. The van der Waals surface area contributed by atoms with E-state index in [0.29, 0.717) is 25.8 Å². The predicted octanol–water partition coefficient (Wildman–Crippen LogP) is 0.646. The van der Waals surface area contributed by atoms with Crippen LogP contribution in [0.25, 0.3) is 0 Å². The predicted molar refractivity (Wildman–Crippen MR) is 133 cm³/mol. The maximum Gasteiger partial charge on any atom is 0.305 e. The second-order valence-electron chi connectivity index (χ2n) is 10.1. The summed E-state index contributed by atoms with van der Waals surface area (Å²) in [5.41, 5.74) is 0. The number of ether oxygens (including phenoxy) is 1. The van der Waals surface area contributed by atoms with Crippen LogP contribution in [0.3, 0.4) is 0 Å². The van der Waals surface area contributed by atoms with Crippen molar-refractivity contribution in [1.82, 2.24) is 20.9 Å². The second kappa shape index (κ2) is 15.3. The van der Waals surface area contributed by atoms with Crippen molar-refractivity contribution in [2.24, 2.45) is 11.8 Å². The molecule has 1 fully saturated rings. The minimum atomic E-state index is -1.33. The first-order chi connectivity index (χ1) is 17.3. The number of halogens is 1. The van der Waals surface area contributed by atoms with Gasteiger partial charge in [-0.25, -0.2) is 4.39 Å². The molecule has 3 N–H and O–H groups in total. The van der Waals surface area contributed by atoms with Crippen molar-refractivity contribution in [2.75, 3.05) is 20.3 Å². The van der Waals surface area contributed by atoms with Gasteiger partial charge >= 0.3 is 5.97 Å². The van der Waals surface area contributed by atoms with Crippen LogP contribution in [0.1, 0.15) is 66.7 Å². The third kappa shape index (κ3) is 10.1. The SMILES string of the molecule is COC(=O)CC[C@H](NC(=O)[C@@H](NC(=O)[C@H](CC(C)C)NC(=O)[C@@H]1CCCN1C(C)=O)C(C)C)C(=O)CF. The molecule has 1 saturated heterocycles. The normalized spacial score (nSPS) is 17.6. The summed E-state index contributed by atoms with van der Waals surface area (Å²) in [5.74, 6) is -3.86. The molecule has 4 amide bonds. The van der Waals surface area contributed by atoms with Gasteiger partial charge in [0.15, 0.2) is 5.78 Å². The molecular formula is C25H41FN4O7. The van der Waals surface area contributed by atoms with E-state index in [-0.39, 0.29) is 24.7 Å². The van der Waals surface area contributed by atoms with Crippen LogP contribution in [0.5, 0.6) is 0 Å². The Bertz CT molecular complexity index is 849. The molecule has 0 spiro atoms. The maximum atomic E-state index is 13.2. The standard InChI is InChI=1S/C25H41FN4O7/c1-14(2)12-18(28-24(35)19-8-7-11-30(19)16(5)31)23(34)29-22(15(3)4)25(36)27-17(20(32)13-26)9-10-21(33)37-6/h14-15,17-19,22H,7-13H2,1-6H3,(H,27,36)(H,28,35)(H,29,34)/t17-,18-,19-,22-/m0/s1. The summed E-state index contributed by atoms with van der Waals surface area (Å²) >= 11 is 0. The average molecular weight is 529 g/mol. The number of hydrogen-bond donors (Lipinski definition) is 3. The molecule has 0 radical (unpaired) electrons. The van der Waals surface area contributed by atoms with Crippen molar-refractivity contribution in [3.63, 3.8) is 0 Å². The van der Waals surface area contributed by atoms with Crippen molar-refractivity contribution < 1.29 is 37.9 Å². The number of carbonyl (C=O) groups is 6. The number of hydrogen-bond acceptors (Lipinski definition) is 7. The van der Waals surface area contributed by atoms with Crippen molar-refractivity contribution in [1.29, 1.82) is 0 Å². The van der Waals surface area contributed by atoms with Gasteiger partial charge in [-0.1, -0.05) is 27.7 Å². The number of nitrogens with one attached hydrogen (secondary N) is 3. The maximum absolute atomic E-state index is 13.2. The second-order valence-corrected chi connectivity index (χ2v) is 10.1. The van der Waals surface area contributed by atoms with Crippen molar-refractivity contribution in [2.45, 2.75) is 90.9 Å². The third-order valence-electron chi connectivity index (χ3n) is 6.25. The molecule has 1 rings (SSSR count). The number of alkyl halides is 1. The lowest BCUT2D eigenvalue weighted by Crippen LogP contribution is -2.59. The number of amides is 4. The Morgan fingerprint density at radius 2 is 1.62 bits per heavy atom. The Kier molecular flexibility index (Phi) is 13.2. The molecule has 4 atom stereocenters. The molecule has 12 heteroatoms. The molecule has 1 aliphatic heterocycles. The fraction of sp³-hybridized carbons (Fsp3) is 0.760. The summed E-state index contributed by atoms with van der Waals surface area (Å²) in [4.78, 5) is 76.0. The van der Waals surface area contributed by atoms with E-state index in [1.165, 1.54) is 18.9 Å². The summed E-state index contributed by atoms with van der Waals surface area (Å²) in [5, 5.41) is 7.82. The van der Waals surface area contributed by atoms with Gasteiger partial charge in [0.05, 0.1) is 13.2 Å². The Morgan fingerprint density at radius 1 is 0.973 bits per heavy atom. The summed E-state index contributed by atoms with van der Waals surface area (Å²) in [7, 11) is 1.17. The topological polar surface area (TPSA) is 151 Å². The van der Waals surface area contributed by atoms with Crippen LogP contribution in [-0.2, 0) is 33.5 Å². The van der Waals surface area contributed by atoms with E-state index in [2.05, 4.69) is 20.7 Å². The number of carbonyl (C=O) groups excluding carboxylic acids is 6. The number of esters is 1. The fourth-order valence-electron chi connectivity index (χ4n) is 4.21. The Labute approximate surface area is 217 Å². The Morgan fingerprint density at radius 3 is 2.14 bits per heavy atom. The third-order valence-corrected chi connectivity index (χ3v) is 6.25. The van der Waals surface area contributed by atoms with E-state index in [1.807, 2.05) is 13.8 Å². The molecule has 0 aromatic carbocycles. The van der Waals surface area contributed by atoms with Crippen LogP contribution in [0.2, 0.25) is 0 Å². The van der Waals surface area contributed by atoms with E-state index < -0.39 is 66.2 Å². The minimum Gasteiger partial charge on any atom is -0.469 e. The lowest BCUT2D eigenvalue weighted by atomic mass is 9.98. The number of rotatable bonds is 14. The highest BCUT2D eigenvalue weighted by atomic mass is 19.1. The van der Waals surface area contributed by atoms with Gasteiger partial charge in [-0.2, -0.15) is 0 Å². The smallest absolute Gasteiger partial charge is 0.305 e. The highest BCUT2D eigenvalue weighted by Crippen LogP contribution is 2.18. The molecule has 1 aliphatic rings. The summed E-state index contributed by atoms with van der Waals surface area (Å²) < 4.78 is 17.6. The Balaban J connectivity index is 2.99. The molecule has 0 bridgehead atoms. The number of nitrogens with zero attached hydrogens (tertiary/aromatic N) is 1. The molecular weight excluding hydrogens is 487 g/mol. The number of Topliss-reactive ketones (excluding diaryl/α,β-unsaturated/α-hetero) is 1. The minimum absolute atomic E-state index is 0.0275. The first kappa shape index (κ1) is 32.0. The van der Waals surface area contributed by atoms with Gasteiger partial charge in [0.2, 0.25) is 23.6 Å². The van der Waals surface area contributed by atoms with Crippen molar-refractivity contribution in [3.8, 4) is 0 Å². The van der Waals surface area contributed by atoms with Crippen LogP contribution in [0.15, 0.2) is 0 Å². The van der Waals surface area contributed by atoms with E-state index in [9.17, 15) is 33.2 Å². The van der Waals surface area contributed by atoms with E-state index >= 15 is 0 Å². The van der Waals surface area contributed by atoms with Crippen LogP contribution in [-0.4, -0.2) is 84.8 Å². The van der Waals surface area contributed by atoms with Gasteiger partial charge in [-0.05, 0) is 37.5 Å². The van der Waals surface area contributed by atoms with Crippen LogP contribution >= 0.6 is 0 Å². The van der Waals surface area contributed by atoms with Gasteiger partial charge in [-0.15, -0.1) is 0 Å².